The quantitative estimate of drug-likeness (QED) is 0.547. The van der Waals surface area contributed by atoms with Gasteiger partial charge in [-0.05, 0) is 12.1 Å². The summed E-state index contributed by atoms with van der Waals surface area (Å²) in [5, 5.41) is 2.69. The van der Waals surface area contributed by atoms with Crippen molar-refractivity contribution in [1.82, 2.24) is 4.98 Å². The Labute approximate surface area is 90.9 Å². The summed E-state index contributed by atoms with van der Waals surface area (Å²) in [5.41, 5.74) is -0.00181. The van der Waals surface area contributed by atoms with Crippen LogP contribution >= 0.6 is 0 Å². The number of rotatable bonds is 1. The molecule has 0 aromatic carbocycles. The van der Waals surface area contributed by atoms with E-state index in [2.05, 4.69) is 15.0 Å². The van der Waals surface area contributed by atoms with Crippen molar-refractivity contribution >= 4 is 17.8 Å². The van der Waals surface area contributed by atoms with Gasteiger partial charge in [0.1, 0.15) is 5.70 Å². The highest BCUT2D eigenvalue weighted by Gasteiger charge is 2.23. The van der Waals surface area contributed by atoms with Crippen LogP contribution in [0.5, 0.6) is 5.75 Å². The van der Waals surface area contributed by atoms with Gasteiger partial charge in [0.15, 0.2) is 11.6 Å². The van der Waals surface area contributed by atoms with E-state index >= 15 is 0 Å². The van der Waals surface area contributed by atoms with Crippen molar-refractivity contribution in [1.29, 1.82) is 0 Å². The Morgan fingerprint density at radius 1 is 1.62 bits per heavy atom. The Morgan fingerprint density at radius 3 is 3.19 bits per heavy atom. The van der Waals surface area contributed by atoms with Crippen molar-refractivity contribution in [2.75, 3.05) is 12.4 Å². The first-order chi connectivity index (χ1) is 7.70. The van der Waals surface area contributed by atoms with Gasteiger partial charge in [-0.2, -0.15) is 0 Å². The highest BCUT2D eigenvalue weighted by Crippen LogP contribution is 2.27. The van der Waals surface area contributed by atoms with Crippen molar-refractivity contribution in [3.63, 3.8) is 0 Å². The fourth-order valence-corrected chi connectivity index (χ4v) is 1.17. The largest absolute Gasteiger partial charge is 0.466 e. The summed E-state index contributed by atoms with van der Waals surface area (Å²) in [6, 6.07) is 3.24. The van der Waals surface area contributed by atoms with Gasteiger partial charge in [0.05, 0.1) is 13.2 Å². The molecule has 1 N–H and O–H groups in total. The van der Waals surface area contributed by atoms with Gasteiger partial charge in [-0.25, -0.2) is 14.6 Å². The summed E-state index contributed by atoms with van der Waals surface area (Å²) >= 11 is 0. The van der Waals surface area contributed by atoms with E-state index in [0.29, 0.717) is 11.6 Å². The lowest BCUT2D eigenvalue weighted by atomic mass is 10.3. The zero-order valence-electron chi connectivity index (χ0n) is 8.39. The van der Waals surface area contributed by atoms with Gasteiger partial charge < -0.3 is 14.8 Å². The molecule has 0 bridgehead atoms. The highest BCUT2D eigenvalue weighted by atomic mass is 16.5. The molecule has 1 aromatic heterocycles. The van der Waals surface area contributed by atoms with E-state index in [4.69, 9.17) is 4.74 Å². The van der Waals surface area contributed by atoms with Crippen LogP contribution in [-0.2, 0) is 14.3 Å². The average Bonchev–Trinajstić information content (AvgIpc) is 2.30. The maximum atomic E-state index is 11.4. The van der Waals surface area contributed by atoms with Crippen LogP contribution in [0, 0.1) is 0 Å². The molecule has 0 amide bonds. The third-order valence-electron chi connectivity index (χ3n) is 1.91. The van der Waals surface area contributed by atoms with E-state index in [1.807, 2.05) is 0 Å². The first-order valence-electron chi connectivity index (χ1n) is 4.44. The average molecular weight is 220 g/mol. The smallest absolute Gasteiger partial charge is 0.360 e. The van der Waals surface area contributed by atoms with Crippen LogP contribution in [0.15, 0.2) is 30.1 Å². The van der Waals surface area contributed by atoms with Gasteiger partial charge in [-0.15, -0.1) is 0 Å². The molecule has 16 heavy (non-hydrogen) atoms. The summed E-state index contributed by atoms with van der Waals surface area (Å²) < 4.78 is 9.36. The lowest BCUT2D eigenvalue weighted by Crippen LogP contribution is -2.24. The fraction of sp³-hybridized carbons (Fsp3) is 0.100. The van der Waals surface area contributed by atoms with E-state index < -0.39 is 11.9 Å². The third-order valence-corrected chi connectivity index (χ3v) is 1.91. The number of esters is 2. The molecule has 0 atom stereocenters. The lowest BCUT2D eigenvalue weighted by Gasteiger charge is -2.17. The van der Waals surface area contributed by atoms with Crippen molar-refractivity contribution in [2.45, 2.75) is 0 Å². The van der Waals surface area contributed by atoms with Crippen molar-refractivity contribution in [2.24, 2.45) is 0 Å². The molecule has 0 fully saturated rings. The number of nitrogens with zero attached hydrogens (tertiary/aromatic N) is 1. The number of hydrogen-bond donors (Lipinski definition) is 1. The SMILES string of the molecule is COC(=O)/C=C1\Nc2ncccc2OC1=O. The van der Waals surface area contributed by atoms with E-state index in [1.165, 1.54) is 7.11 Å². The normalized spacial score (nSPS) is 16.1. The monoisotopic (exact) mass is 220 g/mol. The molecule has 2 rings (SSSR count). The molecule has 0 aliphatic carbocycles. The standard InChI is InChI=1S/C10H8N2O4/c1-15-8(13)5-6-10(14)16-7-3-2-4-11-9(7)12-6/h2-5H,1H3,(H,11,12)/b6-5-. The topological polar surface area (TPSA) is 77.5 Å². The van der Waals surface area contributed by atoms with Crippen LogP contribution in [-0.4, -0.2) is 24.0 Å². The second kappa shape index (κ2) is 4.01. The molecule has 1 aromatic rings. The van der Waals surface area contributed by atoms with Gasteiger partial charge in [0.2, 0.25) is 0 Å². The number of methoxy groups -OCH3 is 1. The van der Waals surface area contributed by atoms with Gasteiger partial charge in [-0.1, -0.05) is 0 Å². The maximum Gasteiger partial charge on any atom is 0.360 e. The van der Waals surface area contributed by atoms with Crippen molar-refractivity contribution in [3.05, 3.63) is 30.1 Å². The molecule has 6 heteroatoms. The van der Waals surface area contributed by atoms with Crippen LogP contribution in [0.3, 0.4) is 0 Å². The number of anilines is 1. The highest BCUT2D eigenvalue weighted by molar-refractivity contribution is 6.01. The number of carbonyl (C=O) groups excluding carboxylic acids is 2. The molecule has 6 nitrogen and oxygen atoms in total. The molecule has 1 aliphatic heterocycles. The van der Waals surface area contributed by atoms with Crippen LogP contribution in [0.25, 0.3) is 0 Å². The number of fused-ring (bicyclic) bond motifs is 1. The third kappa shape index (κ3) is 1.85. The molecule has 0 unspecified atom stereocenters. The van der Waals surface area contributed by atoms with Crippen molar-refractivity contribution in [3.8, 4) is 5.75 Å². The van der Waals surface area contributed by atoms with Gasteiger partial charge in [-0.3, -0.25) is 0 Å². The minimum absolute atomic E-state index is 0.00181. The molecule has 0 radical (unpaired) electrons. The zero-order chi connectivity index (χ0) is 11.5. The van der Waals surface area contributed by atoms with Crippen LogP contribution in [0.2, 0.25) is 0 Å². The number of carbonyl (C=O) groups is 2. The zero-order valence-corrected chi connectivity index (χ0v) is 8.39. The number of hydrogen-bond acceptors (Lipinski definition) is 6. The number of ether oxygens (including phenoxy) is 2. The maximum absolute atomic E-state index is 11.4. The summed E-state index contributed by atoms with van der Waals surface area (Å²) in [7, 11) is 1.22. The summed E-state index contributed by atoms with van der Waals surface area (Å²) in [6.07, 6.45) is 2.56. The molecule has 0 saturated heterocycles. The minimum Gasteiger partial charge on any atom is -0.466 e. The Bertz CT molecular complexity index is 481. The van der Waals surface area contributed by atoms with E-state index in [1.54, 1.807) is 18.3 Å². The molecule has 2 heterocycles. The first-order valence-corrected chi connectivity index (χ1v) is 4.44. The number of pyridine rings is 1. The molecular formula is C10H8N2O4. The van der Waals surface area contributed by atoms with Crippen LogP contribution in [0.1, 0.15) is 0 Å². The van der Waals surface area contributed by atoms with E-state index in [0.717, 1.165) is 6.08 Å². The fourth-order valence-electron chi connectivity index (χ4n) is 1.17. The Hall–Kier alpha value is -2.37. The Balaban J connectivity index is 2.31. The van der Waals surface area contributed by atoms with Gasteiger partial charge >= 0.3 is 11.9 Å². The molecular weight excluding hydrogens is 212 g/mol. The van der Waals surface area contributed by atoms with E-state index in [9.17, 15) is 9.59 Å². The van der Waals surface area contributed by atoms with Gasteiger partial charge in [0, 0.05) is 6.20 Å². The Morgan fingerprint density at radius 2 is 2.44 bits per heavy atom. The first kappa shape index (κ1) is 10.2. The molecule has 0 saturated carbocycles. The predicted molar refractivity (Wildman–Crippen MR) is 53.6 cm³/mol. The van der Waals surface area contributed by atoms with E-state index in [-0.39, 0.29) is 5.70 Å². The van der Waals surface area contributed by atoms with Gasteiger partial charge in [0.25, 0.3) is 0 Å². The Kier molecular flexibility index (Phi) is 2.55. The second-order valence-corrected chi connectivity index (χ2v) is 2.95. The summed E-state index contributed by atoms with van der Waals surface area (Å²) in [6.45, 7) is 0. The summed E-state index contributed by atoms with van der Waals surface area (Å²) in [5.74, 6) is -0.573. The number of nitrogens with one attached hydrogen (secondary N) is 1. The lowest BCUT2D eigenvalue weighted by molar-refractivity contribution is -0.136. The second-order valence-electron chi connectivity index (χ2n) is 2.95. The predicted octanol–water partition coefficient (Wildman–Crippen LogP) is 0.469. The number of aromatic nitrogens is 1. The molecule has 1 aliphatic rings. The van der Waals surface area contributed by atoms with Crippen molar-refractivity contribution < 1.29 is 19.1 Å². The molecule has 82 valence electrons. The summed E-state index contributed by atoms with van der Waals surface area (Å²) in [4.78, 5) is 26.3. The van der Waals surface area contributed by atoms with Crippen LogP contribution in [0.4, 0.5) is 5.82 Å². The molecule has 0 spiro atoms. The van der Waals surface area contributed by atoms with Crippen LogP contribution < -0.4 is 10.1 Å². The minimum atomic E-state index is -0.647.